The van der Waals surface area contributed by atoms with Crippen molar-refractivity contribution in [2.75, 3.05) is 6.61 Å². The van der Waals surface area contributed by atoms with Crippen molar-refractivity contribution in [3.05, 3.63) is 35.9 Å². The number of aliphatic hydroxyl groups is 1. The molecule has 0 bridgehead atoms. The Hall–Kier alpha value is -0.860. The van der Waals surface area contributed by atoms with E-state index in [-0.39, 0.29) is 12.6 Å². The number of benzene rings is 1. The predicted molar refractivity (Wildman–Crippen MR) is 73.1 cm³/mol. The van der Waals surface area contributed by atoms with Crippen molar-refractivity contribution in [2.45, 2.75) is 45.7 Å². The molecule has 2 unspecified atom stereocenters. The van der Waals surface area contributed by atoms with Gasteiger partial charge in [0.25, 0.3) is 0 Å². The summed E-state index contributed by atoms with van der Waals surface area (Å²) >= 11 is 0. The van der Waals surface area contributed by atoms with Crippen molar-refractivity contribution < 1.29 is 5.11 Å². The Labute approximate surface area is 105 Å². The average molecular weight is 235 g/mol. The molecule has 96 valence electrons. The molecular weight excluding hydrogens is 210 g/mol. The Bertz CT molecular complexity index is 297. The van der Waals surface area contributed by atoms with Gasteiger partial charge in [0.15, 0.2) is 0 Å². The standard InChI is InChI=1S/C15H25NO/c1-12(2)9-13(3)16-15(11-17)10-14-7-5-4-6-8-14/h4-8,12-13,15-17H,9-11H2,1-3H3. The molecule has 0 aliphatic carbocycles. The van der Waals surface area contributed by atoms with Crippen molar-refractivity contribution >= 4 is 0 Å². The number of hydrogen-bond donors (Lipinski definition) is 2. The number of hydrogen-bond acceptors (Lipinski definition) is 2. The molecule has 0 radical (unpaired) electrons. The van der Waals surface area contributed by atoms with Crippen molar-refractivity contribution in [2.24, 2.45) is 5.92 Å². The Morgan fingerprint density at radius 1 is 1.12 bits per heavy atom. The summed E-state index contributed by atoms with van der Waals surface area (Å²) in [6, 6.07) is 10.9. The molecule has 0 saturated heterocycles. The van der Waals surface area contributed by atoms with Gasteiger partial charge in [-0.2, -0.15) is 0 Å². The highest BCUT2D eigenvalue weighted by molar-refractivity contribution is 5.15. The highest BCUT2D eigenvalue weighted by Crippen LogP contribution is 2.07. The molecule has 2 N–H and O–H groups in total. The first-order valence-electron chi connectivity index (χ1n) is 6.52. The van der Waals surface area contributed by atoms with Gasteiger partial charge in [-0.25, -0.2) is 0 Å². The fourth-order valence-corrected chi connectivity index (χ4v) is 2.25. The Morgan fingerprint density at radius 3 is 2.29 bits per heavy atom. The maximum Gasteiger partial charge on any atom is 0.0587 e. The zero-order chi connectivity index (χ0) is 12.7. The summed E-state index contributed by atoms with van der Waals surface area (Å²) in [6.45, 7) is 6.83. The Kier molecular flexibility index (Phi) is 6.23. The second kappa shape index (κ2) is 7.46. The van der Waals surface area contributed by atoms with E-state index in [2.05, 4.69) is 38.2 Å². The molecule has 1 rings (SSSR count). The molecule has 0 heterocycles. The van der Waals surface area contributed by atoms with Crippen LogP contribution in [0.4, 0.5) is 0 Å². The molecule has 0 aliphatic rings. The lowest BCUT2D eigenvalue weighted by Gasteiger charge is -2.23. The smallest absolute Gasteiger partial charge is 0.0587 e. The molecule has 0 saturated carbocycles. The third kappa shape index (κ3) is 5.85. The van der Waals surface area contributed by atoms with E-state index in [1.165, 1.54) is 5.56 Å². The van der Waals surface area contributed by atoms with Gasteiger partial charge in [0.2, 0.25) is 0 Å². The normalized spacial score (nSPS) is 14.9. The van der Waals surface area contributed by atoms with Gasteiger partial charge in [-0.3, -0.25) is 0 Å². The first-order chi connectivity index (χ1) is 8.11. The van der Waals surface area contributed by atoms with E-state index < -0.39 is 0 Å². The van der Waals surface area contributed by atoms with Crippen LogP contribution in [0.15, 0.2) is 30.3 Å². The minimum atomic E-state index is 0.158. The average Bonchev–Trinajstić information content (AvgIpc) is 2.28. The number of aliphatic hydroxyl groups excluding tert-OH is 1. The molecule has 0 aromatic heterocycles. The van der Waals surface area contributed by atoms with E-state index in [0.29, 0.717) is 12.0 Å². The maximum atomic E-state index is 9.41. The van der Waals surface area contributed by atoms with Crippen molar-refractivity contribution in [3.8, 4) is 0 Å². The lowest BCUT2D eigenvalue weighted by Crippen LogP contribution is -2.41. The predicted octanol–water partition coefficient (Wildman–Crippen LogP) is 2.61. The molecule has 0 aliphatic heterocycles. The topological polar surface area (TPSA) is 32.3 Å². The van der Waals surface area contributed by atoms with Crippen LogP contribution in [0, 0.1) is 5.92 Å². The number of rotatable bonds is 7. The van der Waals surface area contributed by atoms with Crippen LogP contribution in [-0.4, -0.2) is 23.8 Å². The van der Waals surface area contributed by atoms with Gasteiger partial charge < -0.3 is 10.4 Å². The fourth-order valence-electron chi connectivity index (χ4n) is 2.25. The highest BCUT2D eigenvalue weighted by Gasteiger charge is 2.12. The van der Waals surface area contributed by atoms with Gasteiger partial charge >= 0.3 is 0 Å². The quantitative estimate of drug-likeness (QED) is 0.761. The van der Waals surface area contributed by atoms with E-state index in [4.69, 9.17) is 0 Å². The van der Waals surface area contributed by atoms with E-state index in [9.17, 15) is 5.11 Å². The summed E-state index contributed by atoms with van der Waals surface area (Å²) in [4.78, 5) is 0. The van der Waals surface area contributed by atoms with Gasteiger partial charge in [0, 0.05) is 12.1 Å². The van der Waals surface area contributed by atoms with E-state index in [0.717, 1.165) is 12.8 Å². The summed E-state index contributed by atoms with van der Waals surface area (Å²) in [5.74, 6) is 0.688. The summed E-state index contributed by atoms with van der Waals surface area (Å²) in [7, 11) is 0. The molecule has 2 nitrogen and oxygen atoms in total. The molecule has 1 aromatic carbocycles. The minimum absolute atomic E-state index is 0.158. The third-order valence-electron chi connectivity index (χ3n) is 2.89. The van der Waals surface area contributed by atoms with Crippen LogP contribution >= 0.6 is 0 Å². The Morgan fingerprint density at radius 2 is 1.76 bits per heavy atom. The van der Waals surface area contributed by atoms with Crippen LogP contribution in [0.1, 0.15) is 32.8 Å². The van der Waals surface area contributed by atoms with E-state index >= 15 is 0 Å². The molecule has 0 fully saturated rings. The van der Waals surface area contributed by atoms with Crippen molar-refractivity contribution in [1.82, 2.24) is 5.32 Å². The second-order valence-corrected chi connectivity index (χ2v) is 5.27. The van der Waals surface area contributed by atoms with Crippen LogP contribution < -0.4 is 5.32 Å². The van der Waals surface area contributed by atoms with Crippen LogP contribution in [0.5, 0.6) is 0 Å². The van der Waals surface area contributed by atoms with Crippen LogP contribution in [0.2, 0.25) is 0 Å². The molecular formula is C15H25NO. The van der Waals surface area contributed by atoms with Crippen molar-refractivity contribution in [1.29, 1.82) is 0 Å². The summed E-state index contributed by atoms with van der Waals surface area (Å²) < 4.78 is 0. The van der Waals surface area contributed by atoms with Gasteiger partial charge in [-0.15, -0.1) is 0 Å². The molecule has 17 heavy (non-hydrogen) atoms. The molecule has 0 amide bonds. The van der Waals surface area contributed by atoms with Gasteiger partial charge in [0.1, 0.15) is 0 Å². The zero-order valence-electron chi connectivity index (χ0n) is 11.2. The fraction of sp³-hybridized carbons (Fsp3) is 0.600. The summed E-state index contributed by atoms with van der Waals surface area (Å²) in [5, 5.41) is 12.9. The lowest BCUT2D eigenvalue weighted by molar-refractivity contribution is 0.227. The van der Waals surface area contributed by atoms with Crippen LogP contribution in [0.3, 0.4) is 0 Å². The summed E-state index contributed by atoms with van der Waals surface area (Å²) in [6.07, 6.45) is 2.03. The lowest BCUT2D eigenvalue weighted by atomic mass is 10.0. The first-order valence-corrected chi connectivity index (χ1v) is 6.52. The monoisotopic (exact) mass is 235 g/mol. The molecule has 2 heteroatoms. The molecule has 2 atom stereocenters. The largest absolute Gasteiger partial charge is 0.395 e. The van der Waals surface area contributed by atoms with Crippen LogP contribution in [0.25, 0.3) is 0 Å². The van der Waals surface area contributed by atoms with Gasteiger partial charge in [-0.1, -0.05) is 44.2 Å². The van der Waals surface area contributed by atoms with E-state index in [1.807, 2.05) is 18.2 Å². The summed E-state index contributed by atoms with van der Waals surface area (Å²) in [5.41, 5.74) is 1.27. The molecule has 0 spiro atoms. The third-order valence-corrected chi connectivity index (χ3v) is 2.89. The van der Waals surface area contributed by atoms with Gasteiger partial charge in [0.05, 0.1) is 6.61 Å². The Balaban J connectivity index is 2.43. The molecule has 1 aromatic rings. The zero-order valence-corrected chi connectivity index (χ0v) is 11.2. The minimum Gasteiger partial charge on any atom is -0.395 e. The maximum absolute atomic E-state index is 9.41. The van der Waals surface area contributed by atoms with Gasteiger partial charge in [-0.05, 0) is 31.2 Å². The number of nitrogens with one attached hydrogen (secondary N) is 1. The van der Waals surface area contributed by atoms with E-state index in [1.54, 1.807) is 0 Å². The first kappa shape index (κ1) is 14.2. The highest BCUT2D eigenvalue weighted by atomic mass is 16.3. The second-order valence-electron chi connectivity index (χ2n) is 5.27. The van der Waals surface area contributed by atoms with Crippen molar-refractivity contribution in [3.63, 3.8) is 0 Å². The SMILES string of the molecule is CC(C)CC(C)NC(CO)Cc1ccccc1. The van der Waals surface area contributed by atoms with Crippen LogP contribution in [-0.2, 0) is 6.42 Å².